The van der Waals surface area contributed by atoms with Crippen molar-refractivity contribution in [3.8, 4) is 11.5 Å². The number of imide groups is 1. The summed E-state index contributed by atoms with van der Waals surface area (Å²) in [5.74, 6) is 5.01. The summed E-state index contributed by atoms with van der Waals surface area (Å²) in [4.78, 5) is 59.3. The van der Waals surface area contributed by atoms with Gasteiger partial charge in [0.25, 0.3) is 11.8 Å². The first-order valence-electron chi connectivity index (χ1n) is 13.7. The second kappa shape index (κ2) is 12.5. The predicted molar refractivity (Wildman–Crippen MR) is 156 cm³/mol. The number of ether oxygens (including phenoxy) is 3. The van der Waals surface area contributed by atoms with Crippen LogP contribution >= 0.6 is 0 Å². The van der Waals surface area contributed by atoms with Crippen LogP contribution in [0.4, 0.5) is 10.5 Å². The molecule has 3 N–H and O–H groups in total. The molecule has 3 amide bonds. The molecule has 42 heavy (non-hydrogen) atoms. The first-order chi connectivity index (χ1) is 19.5. The summed E-state index contributed by atoms with van der Waals surface area (Å²) in [5, 5.41) is 2.84. The first kappa shape index (κ1) is 32.6. The molecule has 1 aliphatic heterocycles. The van der Waals surface area contributed by atoms with Gasteiger partial charge in [0.15, 0.2) is 17.5 Å². The van der Waals surface area contributed by atoms with Gasteiger partial charge in [-0.1, -0.05) is 45.4 Å². The largest absolute Gasteiger partial charge is 0.496 e. The van der Waals surface area contributed by atoms with E-state index in [1.165, 1.54) is 27.0 Å². The third-order valence-corrected chi connectivity index (χ3v) is 7.06. The minimum atomic E-state index is -1.49. The Bertz CT molecular complexity index is 1360. The molecule has 0 bridgehead atoms. The van der Waals surface area contributed by atoms with Gasteiger partial charge in [-0.15, -0.1) is 0 Å². The van der Waals surface area contributed by atoms with Crippen molar-refractivity contribution < 1.29 is 38.2 Å². The van der Waals surface area contributed by atoms with Crippen molar-refractivity contribution in [2.24, 2.45) is 11.3 Å². The summed E-state index contributed by atoms with van der Waals surface area (Å²) in [7, 11) is 1.41. The molecule has 11 heteroatoms. The molecule has 1 saturated heterocycles. The van der Waals surface area contributed by atoms with E-state index in [1.807, 2.05) is 39.0 Å². The molecule has 1 heterocycles. The highest BCUT2D eigenvalue weighted by molar-refractivity contribution is 6.07. The summed E-state index contributed by atoms with van der Waals surface area (Å²) in [5.41, 5.74) is 0.0526. The van der Waals surface area contributed by atoms with Crippen LogP contribution in [0.2, 0.25) is 0 Å². The maximum atomic E-state index is 13.8. The van der Waals surface area contributed by atoms with Crippen LogP contribution in [0.15, 0.2) is 36.4 Å². The van der Waals surface area contributed by atoms with Crippen molar-refractivity contribution in [3.63, 3.8) is 0 Å². The average molecular weight is 584 g/mol. The van der Waals surface area contributed by atoms with Gasteiger partial charge in [0.1, 0.15) is 23.6 Å². The van der Waals surface area contributed by atoms with E-state index in [4.69, 9.17) is 24.9 Å². The van der Waals surface area contributed by atoms with E-state index in [0.29, 0.717) is 17.9 Å². The Balaban J connectivity index is 2.01. The SMILES string of the molecule is CCC(Oc1ccc(C)cc1C)C(=O)Nc1ccc(OC)c(C(ON)C(C(=O)C(C)(C)C)N2C(=O)OC(C)(C)C2=O)c1. The molecule has 3 unspecified atom stereocenters. The fourth-order valence-electron chi connectivity index (χ4n) is 4.74. The van der Waals surface area contributed by atoms with E-state index in [-0.39, 0.29) is 11.3 Å². The number of benzene rings is 2. The maximum absolute atomic E-state index is 13.8. The molecule has 11 nitrogen and oxygen atoms in total. The lowest BCUT2D eigenvalue weighted by atomic mass is 9.82. The Labute approximate surface area is 246 Å². The molecule has 228 valence electrons. The number of Topliss-reactive ketones (excluding diaryl/α,β-unsaturated/α-hetero) is 1. The van der Waals surface area contributed by atoms with Crippen LogP contribution in [0.25, 0.3) is 0 Å². The number of carbonyl (C=O) groups is 4. The van der Waals surface area contributed by atoms with E-state index in [2.05, 4.69) is 5.32 Å². The third kappa shape index (κ3) is 6.74. The van der Waals surface area contributed by atoms with Crippen molar-refractivity contribution >= 4 is 29.4 Å². The van der Waals surface area contributed by atoms with Gasteiger partial charge in [0.2, 0.25) is 0 Å². The fraction of sp³-hybridized carbons (Fsp3) is 0.484. The number of methoxy groups -OCH3 is 1. The monoisotopic (exact) mass is 583 g/mol. The third-order valence-electron chi connectivity index (χ3n) is 7.06. The van der Waals surface area contributed by atoms with Gasteiger partial charge in [0.05, 0.1) is 7.11 Å². The zero-order valence-corrected chi connectivity index (χ0v) is 25.7. The first-order valence-corrected chi connectivity index (χ1v) is 13.7. The van der Waals surface area contributed by atoms with Crippen molar-refractivity contribution in [2.45, 2.75) is 85.7 Å². The maximum Gasteiger partial charge on any atom is 0.418 e. The molecule has 2 aromatic carbocycles. The Morgan fingerprint density at radius 1 is 1.07 bits per heavy atom. The number of nitrogens with two attached hydrogens (primary N) is 1. The zero-order valence-electron chi connectivity index (χ0n) is 25.7. The van der Waals surface area contributed by atoms with Gasteiger partial charge < -0.3 is 19.5 Å². The van der Waals surface area contributed by atoms with Gasteiger partial charge in [-0.25, -0.2) is 15.6 Å². The average Bonchev–Trinajstić information content (AvgIpc) is 3.11. The van der Waals surface area contributed by atoms with Crippen LogP contribution in [0.1, 0.15) is 70.8 Å². The number of cyclic esters (lactones) is 1. The molecule has 3 atom stereocenters. The van der Waals surface area contributed by atoms with Crippen molar-refractivity contribution in [2.75, 3.05) is 12.4 Å². The molecule has 0 radical (unpaired) electrons. The lowest BCUT2D eigenvalue weighted by molar-refractivity contribution is -0.147. The van der Waals surface area contributed by atoms with E-state index in [0.717, 1.165) is 16.0 Å². The van der Waals surface area contributed by atoms with Gasteiger partial charge in [-0.05, 0) is 63.9 Å². The molecule has 0 spiro atoms. The smallest absolute Gasteiger partial charge is 0.418 e. The van der Waals surface area contributed by atoms with Crippen LogP contribution in [0, 0.1) is 19.3 Å². The summed E-state index contributed by atoms with van der Waals surface area (Å²) in [6.45, 7) is 13.6. The van der Waals surface area contributed by atoms with Gasteiger partial charge >= 0.3 is 6.09 Å². The molecule has 0 aromatic heterocycles. The molecule has 0 aliphatic carbocycles. The molecule has 3 rings (SSSR count). The molecule has 1 aliphatic rings. The molecular weight excluding hydrogens is 542 g/mol. The van der Waals surface area contributed by atoms with Gasteiger partial charge in [-0.2, -0.15) is 0 Å². The number of anilines is 1. The Morgan fingerprint density at radius 3 is 2.21 bits per heavy atom. The number of nitrogens with one attached hydrogen (secondary N) is 1. The molecule has 2 aromatic rings. The van der Waals surface area contributed by atoms with E-state index in [1.54, 1.807) is 32.9 Å². The van der Waals surface area contributed by atoms with Crippen LogP contribution in [-0.2, 0) is 24.0 Å². The number of aryl methyl sites for hydroxylation is 2. The number of rotatable bonds is 11. The van der Waals surface area contributed by atoms with Crippen LogP contribution in [0.3, 0.4) is 0 Å². The summed E-state index contributed by atoms with van der Waals surface area (Å²) >= 11 is 0. The van der Waals surface area contributed by atoms with E-state index in [9.17, 15) is 19.2 Å². The van der Waals surface area contributed by atoms with Crippen LogP contribution in [0.5, 0.6) is 11.5 Å². The predicted octanol–water partition coefficient (Wildman–Crippen LogP) is 4.78. The van der Waals surface area contributed by atoms with Crippen molar-refractivity contribution in [1.29, 1.82) is 0 Å². The highest BCUT2D eigenvalue weighted by atomic mass is 16.6. The molecule has 1 fully saturated rings. The van der Waals surface area contributed by atoms with E-state index < -0.39 is 53.0 Å². The van der Waals surface area contributed by atoms with Gasteiger partial charge in [0, 0.05) is 16.7 Å². The fourth-order valence-corrected chi connectivity index (χ4v) is 4.74. The minimum Gasteiger partial charge on any atom is -0.496 e. The quantitative estimate of drug-likeness (QED) is 0.357. The highest BCUT2D eigenvalue weighted by Crippen LogP contribution is 2.39. The second-order valence-electron chi connectivity index (χ2n) is 11.9. The molecule has 0 saturated carbocycles. The topological polar surface area (TPSA) is 146 Å². The zero-order chi connectivity index (χ0) is 31.6. The van der Waals surface area contributed by atoms with Crippen LogP contribution in [-0.4, -0.2) is 53.4 Å². The Morgan fingerprint density at radius 2 is 1.71 bits per heavy atom. The number of carbonyl (C=O) groups excluding carboxylic acids is 4. The van der Waals surface area contributed by atoms with Crippen molar-refractivity contribution in [1.82, 2.24) is 4.90 Å². The number of nitrogens with zero attached hydrogens (tertiary/aromatic N) is 1. The normalized spacial score (nSPS) is 16.9. The van der Waals surface area contributed by atoms with Crippen LogP contribution < -0.4 is 20.7 Å². The summed E-state index contributed by atoms with van der Waals surface area (Å²) in [6.07, 6.45) is -2.75. The second-order valence-corrected chi connectivity index (χ2v) is 11.9. The number of hydrogen-bond donors (Lipinski definition) is 2. The standard InChI is InChI=1S/C31H41N3O8/c1-10-21(40-22-13-11-17(2)15-18(22)3)27(36)33-19-12-14-23(39-9)20(16-19)25(42-32)24(26(35)30(4,5)6)34-28(37)31(7,8)41-29(34)38/h11-16,21,24-25H,10,32H2,1-9H3,(H,33,36). The Kier molecular flexibility index (Phi) is 9.69. The highest BCUT2D eigenvalue weighted by Gasteiger charge is 2.55. The summed E-state index contributed by atoms with van der Waals surface area (Å²) in [6, 6.07) is 8.91. The van der Waals surface area contributed by atoms with Crippen molar-refractivity contribution in [3.05, 3.63) is 53.1 Å². The minimum absolute atomic E-state index is 0.231. The number of amides is 3. The van der Waals surface area contributed by atoms with E-state index >= 15 is 0 Å². The number of ketones is 1. The summed E-state index contributed by atoms with van der Waals surface area (Å²) < 4.78 is 16.8. The lowest BCUT2D eigenvalue weighted by Crippen LogP contribution is -2.53. The lowest BCUT2D eigenvalue weighted by Gasteiger charge is -2.34. The Hall–Kier alpha value is -3.96. The number of hydrogen-bond acceptors (Lipinski definition) is 9. The molecular formula is C31H41N3O8. The van der Waals surface area contributed by atoms with Gasteiger partial charge in [-0.3, -0.25) is 19.2 Å².